The molecule has 0 aliphatic carbocycles. The summed E-state index contributed by atoms with van der Waals surface area (Å²) in [6.45, 7) is 5.60. The molecule has 1 aliphatic heterocycles. The number of likely N-dealkylation sites (tertiary alicyclic amines) is 1. The van der Waals surface area contributed by atoms with Gasteiger partial charge in [0.05, 0.1) is 0 Å². The SMILES string of the molecule is CC(C)C[C@H](NC(=O)[C@H](Cc1ccccc1)NC(=O)OCc1ccccc1)C(=O)N1CCCC1. The van der Waals surface area contributed by atoms with Crippen LogP contribution < -0.4 is 10.6 Å². The number of ether oxygens (including phenoxy) is 1. The Kier molecular flexibility index (Phi) is 9.50. The van der Waals surface area contributed by atoms with E-state index in [1.54, 1.807) is 0 Å². The molecule has 1 fully saturated rings. The molecule has 2 aromatic rings. The molecule has 0 radical (unpaired) electrons. The zero-order valence-electron chi connectivity index (χ0n) is 20.0. The van der Waals surface area contributed by atoms with Crippen molar-refractivity contribution in [2.75, 3.05) is 13.1 Å². The van der Waals surface area contributed by atoms with E-state index in [9.17, 15) is 14.4 Å². The Labute approximate surface area is 201 Å². The first kappa shape index (κ1) is 25.3. The number of alkyl carbamates (subject to hydrolysis) is 1. The first-order chi connectivity index (χ1) is 16.4. The first-order valence-corrected chi connectivity index (χ1v) is 12.0. The second kappa shape index (κ2) is 12.8. The predicted octanol–water partition coefficient (Wildman–Crippen LogP) is 3.68. The minimum absolute atomic E-state index is 0.0512. The standard InChI is InChI=1S/C27H35N3O4/c1-20(2)17-24(26(32)30-15-9-10-16-30)28-25(31)23(18-21-11-5-3-6-12-21)29-27(33)34-19-22-13-7-4-8-14-22/h3-8,11-14,20,23-24H,9-10,15-19H2,1-2H3,(H,28,31)(H,29,33)/t23-,24-/m0/s1. The van der Waals surface area contributed by atoms with Gasteiger partial charge in [0.1, 0.15) is 18.7 Å². The van der Waals surface area contributed by atoms with Gasteiger partial charge in [-0.1, -0.05) is 74.5 Å². The van der Waals surface area contributed by atoms with Crippen LogP contribution in [0.25, 0.3) is 0 Å². The minimum atomic E-state index is -0.869. The molecule has 0 spiro atoms. The Morgan fingerprint density at radius 2 is 1.44 bits per heavy atom. The second-order valence-electron chi connectivity index (χ2n) is 9.17. The largest absolute Gasteiger partial charge is 0.445 e. The van der Waals surface area contributed by atoms with Crippen molar-refractivity contribution in [1.82, 2.24) is 15.5 Å². The van der Waals surface area contributed by atoms with Gasteiger partial charge in [0.15, 0.2) is 0 Å². The average molecular weight is 466 g/mol. The molecule has 0 unspecified atom stereocenters. The monoisotopic (exact) mass is 465 g/mol. The Bertz CT molecular complexity index is 927. The molecule has 1 heterocycles. The van der Waals surface area contributed by atoms with E-state index >= 15 is 0 Å². The molecule has 1 aliphatic rings. The Hall–Kier alpha value is -3.35. The fourth-order valence-electron chi connectivity index (χ4n) is 4.09. The molecule has 3 rings (SSSR count). The highest BCUT2D eigenvalue weighted by atomic mass is 16.5. The predicted molar refractivity (Wildman–Crippen MR) is 131 cm³/mol. The van der Waals surface area contributed by atoms with Crippen LogP contribution in [0.4, 0.5) is 4.79 Å². The summed E-state index contributed by atoms with van der Waals surface area (Å²) >= 11 is 0. The van der Waals surface area contributed by atoms with Gasteiger partial charge in [0.2, 0.25) is 11.8 Å². The van der Waals surface area contributed by atoms with Crippen LogP contribution in [-0.4, -0.2) is 48.0 Å². The summed E-state index contributed by atoms with van der Waals surface area (Å²) in [4.78, 5) is 40.8. The quantitative estimate of drug-likeness (QED) is 0.560. The lowest BCUT2D eigenvalue weighted by Crippen LogP contribution is -2.55. The van der Waals surface area contributed by atoms with Crippen LogP contribution in [0.2, 0.25) is 0 Å². The summed E-state index contributed by atoms with van der Waals surface area (Å²) in [7, 11) is 0. The lowest BCUT2D eigenvalue weighted by Gasteiger charge is -2.27. The van der Waals surface area contributed by atoms with Gasteiger partial charge in [0.25, 0.3) is 0 Å². The van der Waals surface area contributed by atoms with Gasteiger partial charge in [-0.25, -0.2) is 4.79 Å². The van der Waals surface area contributed by atoms with Gasteiger partial charge in [-0.05, 0) is 36.3 Å². The first-order valence-electron chi connectivity index (χ1n) is 12.0. The number of carbonyl (C=O) groups is 3. The van der Waals surface area contributed by atoms with Crippen molar-refractivity contribution < 1.29 is 19.1 Å². The van der Waals surface area contributed by atoms with Crippen LogP contribution in [0.15, 0.2) is 60.7 Å². The van der Waals surface area contributed by atoms with Crippen molar-refractivity contribution in [1.29, 1.82) is 0 Å². The van der Waals surface area contributed by atoms with E-state index in [4.69, 9.17) is 4.74 Å². The maximum absolute atomic E-state index is 13.3. The highest BCUT2D eigenvalue weighted by Crippen LogP contribution is 2.14. The van der Waals surface area contributed by atoms with Crippen molar-refractivity contribution in [3.05, 3.63) is 71.8 Å². The topological polar surface area (TPSA) is 87.7 Å². The van der Waals surface area contributed by atoms with Crippen LogP contribution in [0, 0.1) is 5.92 Å². The molecule has 7 heteroatoms. The summed E-state index contributed by atoms with van der Waals surface area (Å²) in [5.41, 5.74) is 1.76. The zero-order chi connectivity index (χ0) is 24.3. The third-order valence-corrected chi connectivity index (χ3v) is 5.84. The highest BCUT2D eigenvalue weighted by Gasteiger charge is 2.31. The van der Waals surface area contributed by atoms with Crippen LogP contribution >= 0.6 is 0 Å². The molecule has 0 saturated carbocycles. The van der Waals surface area contributed by atoms with Crippen molar-refractivity contribution in [2.45, 2.75) is 58.2 Å². The molecular formula is C27H35N3O4. The van der Waals surface area contributed by atoms with Crippen LogP contribution in [-0.2, 0) is 27.4 Å². The number of hydrogen-bond acceptors (Lipinski definition) is 4. The van der Waals surface area contributed by atoms with Crippen molar-refractivity contribution >= 4 is 17.9 Å². The van der Waals surface area contributed by atoms with Crippen molar-refractivity contribution in [3.8, 4) is 0 Å². The molecule has 2 N–H and O–H groups in total. The molecule has 0 aromatic heterocycles. The summed E-state index contributed by atoms with van der Waals surface area (Å²) in [6, 6.07) is 17.3. The van der Waals surface area contributed by atoms with Crippen molar-refractivity contribution in [3.63, 3.8) is 0 Å². The highest BCUT2D eigenvalue weighted by molar-refractivity contribution is 5.91. The van der Waals surface area contributed by atoms with Gasteiger partial charge in [-0.15, -0.1) is 0 Å². The molecule has 3 amide bonds. The fraction of sp³-hybridized carbons (Fsp3) is 0.444. The third kappa shape index (κ3) is 7.90. The minimum Gasteiger partial charge on any atom is -0.445 e. The van der Waals surface area contributed by atoms with E-state index in [0.29, 0.717) is 12.8 Å². The second-order valence-corrected chi connectivity index (χ2v) is 9.17. The average Bonchev–Trinajstić information content (AvgIpc) is 3.37. The van der Waals surface area contributed by atoms with Gasteiger partial charge >= 0.3 is 6.09 Å². The number of nitrogens with one attached hydrogen (secondary N) is 2. The van der Waals surface area contributed by atoms with E-state index in [2.05, 4.69) is 10.6 Å². The fourth-order valence-corrected chi connectivity index (χ4v) is 4.09. The lowest BCUT2D eigenvalue weighted by atomic mass is 10.0. The molecule has 7 nitrogen and oxygen atoms in total. The zero-order valence-corrected chi connectivity index (χ0v) is 20.0. The molecule has 2 aromatic carbocycles. The van der Waals surface area contributed by atoms with E-state index < -0.39 is 24.1 Å². The maximum Gasteiger partial charge on any atom is 0.408 e. The van der Waals surface area contributed by atoms with E-state index in [1.807, 2.05) is 79.4 Å². The van der Waals surface area contributed by atoms with Gasteiger partial charge in [0, 0.05) is 19.5 Å². The molecule has 2 atom stereocenters. The van der Waals surface area contributed by atoms with Gasteiger partial charge < -0.3 is 20.3 Å². The summed E-state index contributed by atoms with van der Waals surface area (Å²) in [5, 5.41) is 5.63. The van der Waals surface area contributed by atoms with Gasteiger partial charge in [-0.2, -0.15) is 0 Å². The summed E-state index contributed by atoms with van der Waals surface area (Å²) in [5.74, 6) is -0.211. The van der Waals surface area contributed by atoms with E-state index in [0.717, 1.165) is 37.1 Å². The van der Waals surface area contributed by atoms with E-state index in [1.165, 1.54) is 0 Å². The Morgan fingerprint density at radius 1 is 0.853 bits per heavy atom. The summed E-state index contributed by atoms with van der Waals surface area (Å²) in [6.07, 6.45) is 2.13. The Balaban J connectivity index is 1.68. The van der Waals surface area contributed by atoms with Crippen molar-refractivity contribution in [2.24, 2.45) is 5.92 Å². The smallest absolute Gasteiger partial charge is 0.408 e. The normalized spacial score (nSPS) is 15.0. The van der Waals surface area contributed by atoms with Gasteiger partial charge in [-0.3, -0.25) is 9.59 Å². The number of carbonyl (C=O) groups excluding carboxylic acids is 3. The Morgan fingerprint density at radius 3 is 2.03 bits per heavy atom. The molecule has 34 heavy (non-hydrogen) atoms. The maximum atomic E-state index is 13.3. The number of rotatable bonds is 10. The number of nitrogens with zero attached hydrogens (tertiary/aromatic N) is 1. The number of amides is 3. The van der Waals surface area contributed by atoms with Crippen LogP contribution in [0.1, 0.15) is 44.2 Å². The number of benzene rings is 2. The van der Waals surface area contributed by atoms with Crippen LogP contribution in [0.5, 0.6) is 0 Å². The van der Waals surface area contributed by atoms with Crippen LogP contribution in [0.3, 0.4) is 0 Å². The number of hydrogen-bond donors (Lipinski definition) is 2. The molecule has 0 bridgehead atoms. The summed E-state index contributed by atoms with van der Waals surface area (Å²) < 4.78 is 5.34. The molecular weight excluding hydrogens is 430 g/mol. The molecule has 1 saturated heterocycles. The lowest BCUT2D eigenvalue weighted by molar-refractivity contribution is -0.136. The van der Waals surface area contributed by atoms with E-state index in [-0.39, 0.29) is 18.4 Å². The third-order valence-electron chi connectivity index (χ3n) is 5.84. The molecule has 182 valence electrons.